The van der Waals surface area contributed by atoms with Crippen LogP contribution in [-0.2, 0) is 4.79 Å². The molecule has 0 bridgehead atoms. The van der Waals surface area contributed by atoms with E-state index in [-0.39, 0.29) is 0 Å². The molecule has 0 radical (unpaired) electrons. The SMILES string of the molecule is CC(C)CCCCCCCCCC(C)CC(=O)O. The first-order valence-electron chi connectivity index (χ1n) is 7.74. The first kappa shape index (κ1) is 17.5. The van der Waals surface area contributed by atoms with Gasteiger partial charge in [0.1, 0.15) is 0 Å². The molecule has 0 aliphatic rings. The molecule has 2 heteroatoms. The maximum atomic E-state index is 10.5. The van der Waals surface area contributed by atoms with Crippen molar-refractivity contribution in [3.63, 3.8) is 0 Å². The molecule has 0 aliphatic carbocycles. The minimum absolute atomic E-state index is 0.329. The number of carboxylic acid groups (broad SMARTS) is 1. The van der Waals surface area contributed by atoms with Crippen LogP contribution in [0.2, 0.25) is 0 Å². The zero-order valence-electron chi connectivity index (χ0n) is 12.6. The molecule has 0 aromatic rings. The Morgan fingerprint density at radius 3 is 1.72 bits per heavy atom. The van der Waals surface area contributed by atoms with E-state index >= 15 is 0 Å². The Kier molecular flexibility index (Phi) is 11.2. The molecule has 0 aromatic heterocycles. The summed E-state index contributed by atoms with van der Waals surface area (Å²) in [6.45, 7) is 6.62. The summed E-state index contributed by atoms with van der Waals surface area (Å²) in [7, 11) is 0. The lowest BCUT2D eigenvalue weighted by molar-refractivity contribution is -0.138. The lowest BCUT2D eigenvalue weighted by Gasteiger charge is -2.08. The Morgan fingerprint density at radius 2 is 1.28 bits per heavy atom. The number of carbonyl (C=O) groups is 1. The van der Waals surface area contributed by atoms with Gasteiger partial charge in [0.05, 0.1) is 0 Å². The molecule has 1 N–H and O–H groups in total. The molecule has 0 amide bonds. The van der Waals surface area contributed by atoms with Gasteiger partial charge in [-0.1, -0.05) is 78.6 Å². The van der Waals surface area contributed by atoms with Crippen LogP contribution in [0.4, 0.5) is 0 Å². The van der Waals surface area contributed by atoms with Gasteiger partial charge in [-0.2, -0.15) is 0 Å². The van der Waals surface area contributed by atoms with Crippen molar-refractivity contribution in [3.8, 4) is 0 Å². The summed E-state index contributed by atoms with van der Waals surface area (Å²) in [5, 5.41) is 8.65. The van der Waals surface area contributed by atoms with Gasteiger partial charge in [-0.05, 0) is 11.8 Å². The maximum Gasteiger partial charge on any atom is 0.303 e. The smallest absolute Gasteiger partial charge is 0.303 e. The quantitative estimate of drug-likeness (QED) is 0.483. The van der Waals surface area contributed by atoms with Gasteiger partial charge in [0.15, 0.2) is 0 Å². The first-order chi connectivity index (χ1) is 8.52. The number of hydrogen-bond acceptors (Lipinski definition) is 1. The summed E-state index contributed by atoms with van der Waals surface area (Å²) in [5.74, 6) is 0.530. The van der Waals surface area contributed by atoms with Crippen LogP contribution in [0.25, 0.3) is 0 Å². The van der Waals surface area contributed by atoms with E-state index in [1.807, 2.05) is 6.92 Å². The van der Waals surface area contributed by atoms with Crippen molar-refractivity contribution in [2.75, 3.05) is 0 Å². The van der Waals surface area contributed by atoms with E-state index < -0.39 is 5.97 Å². The van der Waals surface area contributed by atoms with E-state index in [2.05, 4.69) is 13.8 Å². The van der Waals surface area contributed by atoms with Crippen LogP contribution in [0, 0.1) is 11.8 Å². The second kappa shape index (κ2) is 11.6. The Balaban J connectivity index is 3.14. The van der Waals surface area contributed by atoms with E-state index in [1.54, 1.807) is 0 Å². The largest absolute Gasteiger partial charge is 0.481 e. The molecule has 108 valence electrons. The van der Waals surface area contributed by atoms with E-state index in [0.717, 1.165) is 12.3 Å². The molecule has 0 aromatic carbocycles. The molecular weight excluding hydrogens is 224 g/mol. The van der Waals surface area contributed by atoms with Gasteiger partial charge in [0.25, 0.3) is 0 Å². The lowest BCUT2D eigenvalue weighted by atomic mass is 9.98. The Morgan fingerprint density at radius 1 is 0.833 bits per heavy atom. The van der Waals surface area contributed by atoms with Crippen LogP contribution in [0.3, 0.4) is 0 Å². The highest BCUT2D eigenvalue weighted by Gasteiger charge is 2.06. The third-order valence-corrected chi connectivity index (χ3v) is 3.50. The second-order valence-corrected chi connectivity index (χ2v) is 6.15. The molecule has 0 saturated heterocycles. The Bertz CT molecular complexity index is 199. The van der Waals surface area contributed by atoms with Gasteiger partial charge in [-0.25, -0.2) is 0 Å². The number of aliphatic carboxylic acids is 1. The van der Waals surface area contributed by atoms with Crippen molar-refractivity contribution in [1.82, 2.24) is 0 Å². The highest BCUT2D eigenvalue weighted by molar-refractivity contribution is 5.66. The van der Waals surface area contributed by atoms with Gasteiger partial charge in [-0.15, -0.1) is 0 Å². The molecule has 1 unspecified atom stereocenters. The highest BCUT2D eigenvalue weighted by atomic mass is 16.4. The summed E-state index contributed by atoms with van der Waals surface area (Å²) in [6, 6.07) is 0. The van der Waals surface area contributed by atoms with E-state index in [4.69, 9.17) is 5.11 Å². The fraction of sp³-hybridized carbons (Fsp3) is 0.938. The van der Waals surface area contributed by atoms with Crippen LogP contribution >= 0.6 is 0 Å². The average molecular weight is 256 g/mol. The number of unbranched alkanes of at least 4 members (excludes halogenated alkanes) is 6. The van der Waals surface area contributed by atoms with Crippen molar-refractivity contribution in [2.45, 2.75) is 85.0 Å². The van der Waals surface area contributed by atoms with Crippen molar-refractivity contribution in [3.05, 3.63) is 0 Å². The standard InChI is InChI=1S/C16H32O2/c1-14(2)11-9-7-5-4-6-8-10-12-15(3)13-16(17)18/h14-15H,4-13H2,1-3H3,(H,17,18). The third-order valence-electron chi connectivity index (χ3n) is 3.50. The highest BCUT2D eigenvalue weighted by Crippen LogP contribution is 2.15. The van der Waals surface area contributed by atoms with Crippen molar-refractivity contribution >= 4 is 5.97 Å². The fourth-order valence-electron chi connectivity index (χ4n) is 2.33. The molecule has 0 spiro atoms. The molecular formula is C16H32O2. The molecule has 0 saturated carbocycles. The molecule has 1 atom stereocenters. The zero-order chi connectivity index (χ0) is 13.8. The van der Waals surface area contributed by atoms with Gasteiger partial charge in [-0.3, -0.25) is 4.79 Å². The first-order valence-corrected chi connectivity index (χ1v) is 7.74. The van der Waals surface area contributed by atoms with Crippen LogP contribution < -0.4 is 0 Å². The molecule has 18 heavy (non-hydrogen) atoms. The summed E-state index contributed by atoms with van der Waals surface area (Å²) in [6.07, 6.45) is 12.0. The van der Waals surface area contributed by atoms with Crippen molar-refractivity contribution < 1.29 is 9.90 Å². The normalized spacial score (nSPS) is 12.9. The maximum absolute atomic E-state index is 10.5. The molecule has 0 heterocycles. The van der Waals surface area contributed by atoms with Crippen molar-refractivity contribution in [2.24, 2.45) is 11.8 Å². The van der Waals surface area contributed by atoms with Crippen LogP contribution in [0.1, 0.15) is 85.0 Å². The molecule has 0 fully saturated rings. The van der Waals surface area contributed by atoms with E-state index in [0.29, 0.717) is 12.3 Å². The zero-order valence-corrected chi connectivity index (χ0v) is 12.6. The molecule has 0 rings (SSSR count). The van der Waals surface area contributed by atoms with E-state index in [1.165, 1.54) is 51.4 Å². The average Bonchev–Trinajstić information content (AvgIpc) is 2.25. The van der Waals surface area contributed by atoms with Gasteiger partial charge >= 0.3 is 5.97 Å². The van der Waals surface area contributed by atoms with Crippen LogP contribution in [0.15, 0.2) is 0 Å². The Labute approximate surface area is 113 Å². The van der Waals surface area contributed by atoms with Crippen molar-refractivity contribution in [1.29, 1.82) is 0 Å². The third kappa shape index (κ3) is 13.5. The van der Waals surface area contributed by atoms with Gasteiger partial charge in [0.2, 0.25) is 0 Å². The van der Waals surface area contributed by atoms with Gasteiger partial charge in [0, 0.05) is 6.42 Å². The summed E-state index contributed by atoms with van der Waals surface area (Å²) < 4.78 is 0. The second-order valence-electron chi connectivity index (χ2n) is 6.15. The molecule has 2 nitrogen and oxygen atoms in total. The summed E-state index contributed by atoms with van der Waals surface area (Å²) in [5.41, 5.74) is 0. The summed E-state index contributed by atoms with van der Waals surface area (Å²) >= 11 is 0. The predicted octanol–water partition coefficient (Wildman–Crippen LogP) is 5.26. The number of carboxylic acids is 1. The number of hydrogen-bond donors (Lipinski definition) is 1. The van der Waals surface area contributed by atoms with Crippen LogP contribution in [0.5, 0.6) is 0 Å². The minimum atomic E-state index is -0.660. The summed E-state index contributed by atoms with van der Waals surface area (Å²) in [4.78, 5) is 10.5. The van der Waals surface area contributed by atoms with E-state index in [9.17, 15) is 4.79 Å². The molecule has 0 aliphatic heterocycles. The minimum Gasteiger partial charge on any atom is -0.481 e. The topological polar surface area (TPSA) is 37.3 Å². The monoisotopic (exact) mass is 256 g/mol. The predicted molar refractivity (Wildman–Crippen MR) is 77.8 cm³/mol. The van der Waals surface area contributed by atoms with Gasteiger partial charge < -0.3 is 5.11 Å². The lowest BCUT2D eigenvalue weighted by Crippen LogP contribution is -2.03. The van der Waals surface area contributed by atoms with Crippen LogP contribution in [-0.4, -0.2) is 11.1 Å². The number of rotatable bonds is 12. The fourth-order valence-corrected chi connectivity index (χ4v) is 2.33. The Hall–Kier alpha value is -0.530.